The summed E-state index contributed by atoms with van der Waals surface area (Å²) in [5.74, 6) is 1.46. The summed E-state index contributed by atoms with van der Waals surface area (Å²) in [4.78, 5) is 0. The molecule has 0 amide bonds. The second-order valence-corrected chi connectivity index (χ2v) is 4.55. The number of aliphatic hydroxyl groups excluding tert-OH is 1. The van der Waals surface area contributed by atoms with Gasteiger partial charge in [-0.2, -0.15) is 0 Å². The van der Waals surface area contributed by atoms with Gasteiger partial charge in [-0.05, 0) is 23.1 Å². The van der Waals surface area contributed by atoms with Gasteiger partial charge in [-0.3, -0.25) is 0 Å². The molecule has 1 atom stereocenters. The van der Waals surface area contributed by atoms with Crippen molar-refractivity contribution in [3.05, 3.63) is 53.8 Å². The summed E-state index contributed by atoms with van der Waals surface area (Å²) in [6, 6.07) is 11.7. The van der Waals surface area contributed by atoms with Crippen molar-refractivity contribution in [2.75, 3.05) is 13.7 Å². The number of fused-ring (bicyclic) bond motifs is 1. The minimum absolute atomic E-state index is 0.648. The van der Waals surface area contributed by atoms with Crippen molar-refractivity contribution >= 4 is 10.8 Å². The molecule has 0 aliphatic carbocycles. The van der Waals surface area contributed by atoms with Crippen LogP contribution in [0, 0.1) is 0 Å². The molecule has 3 rings (SSSR count). The Morgan fingerprint density at radius 1 is 1.16 bits per heavy atom. The monoisotopic (exact) mass is 256 g/mol. The van der Waals surface area contributed by atoms with E-state index in [2.05, 4.69) is 0 Å². The predicted molar refractivity (Wildman–Crippen MR) is 74.1 cm³/mol. The van der Waals surface area contributed by atoms with E-state index in [4.69, 9.17) is 9.47 Å². The van der Waals surface area contributed by atoms with Gasteiger partial charge in [-0.15, -0.1) is 0 Å². The number of aliphatic hydroxyl groups is 1. The fourth-order valence-corrected chi connectivity index (χ4v) is 2.49. The molecule has 0 saturated carbocycles. The van der Waals surface area contributed by atoms with Crippen LogP contribution in [0.3, 0.4) is 0 Å². The predicted octanol–water partition coefficient (Wildman–Crippen LogP) is 3.19. The fraction of sp³-hybridized carbons (Fsp3) is 0.250. The first-order chi connectivity index (χ1) is 9.31. The SMILES string of the molecule is COc1ccc(C(O)C2=CCCO2)c2ccccc12. The molecule has 0 bridgehead atoms. The highest BCUT2D eigenvalue weighted by molar-refractivity contribution is 5.91. The van der Waals surface area contributed by atoms with Crippen molar-refractivity contribution < 1.29 is 14.6 Å². The third kappa shape index (κ3) is 2.06. The highest BCUT2D eigenvalue weighted by atomic mass is 16.5. The average molecular weight is 256 g/mol. The summed E-state index contributed by atoms with van der Waals surface area (Å²) < 4.78 is 10.8. The van der Waals surface area contributed by atoms with Gasteiger partial charge in [0.1, 0.15) is 17.6 Å². The lowest BCUT2D eigenvalue weighted by Gasteiger charge is -2.16. The normalized spacial score (nSPS) is 16.0. The van der Waals surface area contributed by atoms with E-state index >= 15 is 0 Å². The van der Waals surface area contributed by atoms with E-state index < -0.39 is 6.10 Å². The van der Waals surface area contributed by atoms with Gasteiger partial charge in [-0.1, -0.05) is 30.3 Å². The highest BCUT2D eigenvalue weighted by Crippen LogP contribution is 2.35. The van der Waals surface area contributed by atoms with Crippen LogP contribution in [0.5, 0.6) is 5.75 Å². The van der Waals surface area contributed by atoms with Gasteiger partial charge >= 0.3 is 0 Å². The van der Waals surface area contributed by atoms with Crippen LogP contribution in [0.4, 0.5) is 0 Å². The van der Waals surface area contributed by atoms with E-state index in [-0.39, 0.29) is 0 Å². The smallest absolute Gasteiger partial charge is 0.136 e. The molecule has 1 heterocycles. The van der Waals surface area contributed by atoms with Crippen LogP contribution in [0.15, 0.2) is 48.2 Å². The molecule has 19 heavy (non-hydrogen) atoms. The number of ether oxygens (including phenoxy) is 2. The zero-order chi connectivity index (χ0) is 13.2. The van der Waals surface area contributed by atoms with E-state index in [9.17, 15) is 5.11 Å². The lowest BCUT2D eigenvalue weighted by molar-refractivity contribution is 0.120. The number of benzene rings is 2. The van der Waals surface area contributed by atoms with E-state index in [0.29, 0.717) is 12.4 Å². The lowest BCUT2D eigenvalue weighted by Crippen LogP contribution is -2.03. The molecule has 1 N–H and O–H groups in total. The van der Waals surface area contributed by atoms with Crippen molar-refractivity contribution in [2.24, 2.45) is 0 Å². The summed E-state index contributed by atoms with van der Waals surface area (Å²) in [5.41, 5.74) is 0.851. The molecule has 98 valence electrons. The largest absolute Gasteiger partial charge is 0.496 e. The first-order valence-electron chi connectivity index (χ1n) is 6.38. The third-order valence-electron chi connectivity index (χ3n) is 3.43. The second-order valence-electron chi connectivity index (χ2n) is 4.55. The van der Waals surface area contributed by atoms with Gasteiger partial charge < -0.3 is 14.6 Å². The summed E-state index contributed by atoms with van der Waals surface area (Å²) in [7, 11) is 1.65. The van der Waals surface area contributed by atoms with Crippen molar-refractivity contribution in [2.45, 2.75) is 12.5 Å². The molecule has 3 heteroatoms. The van der Waals surface area contributed by atoms with Crippen LogP contribution in [0.1, 0.15) is 18.1 Å². The van der Waals surface area contributed by atoms with Gasteiger partial charge in [0.15, 0.2) is 0 Å². The Hall–Kier alpha value is -2.00. The second kappa shape index (κ2) is 4.94. The molecular formula is C16H16O3. The highest BCUT2D eigenvalue weighted by Gasteiger charge is 2.20. The Kier molecular flexibility index (Phi) is 3.13. The van der Waals surface area contributed by atoms with Crippen LogP contribution < -0.4 is 4.74 Å². The molecule has 0 fully saturated rings. The van der Waals surface area contributed by atoms with Gasteiger partial charge in [0.25, 0.3) is 0 Å². The standard InChI is InChI=1S/C16H16O3/c1-18-14-9-8-13(11-5-2-3-6-12(11)14)16(17)15-7-4-10-19-15/h2-3,5-9,16-17H,4,10H2,1H3. The molecule has 0 aromatic heterocycles. The summed E-state index contributed by atoms with van der Waals surface area (Å²) >= 11 is 0. The number of hydrogen-bond donors (Lipinski definition) is 1. The van der Waals surface area contributed by atoms with Crippen molar-refractivity contribution in [3.63, 3.8) is 0 Å². The molecule has 3 nitrogen and oxygen atoms in total. The van der Waals surface area contributed by atoms with Crippen molar-refractivity contribution in [1.29, 1.82) is 0 Å². The third-order valence-corrected chi connectivity index (χ3v) is 3.43. The van der Waals surface area contributed by atoms with E-state index in [1.165, 1.54) is 0 Å². The molecule has 1 aliphatic heterocycles. The van der Waals surface area contributed by atoms with Crippen LogP contribution in [0.25, 0.3) is 10.8 Å². The first kappa shape index (κ1) is 12.1. The molecule has 2 aromatic rings. The van der Waals surface area contributed by atoms with Crippen LogP contribution in [-0.2, 0) is 4.74 Å². The quantitative estimate of drug-likeness (QED) is 0.916. The summed E-state index contributed by atoms with van der Waals surface area (Å²) in [5, 5.41) is 12.4. The molecule has 1 aliphatic rings. The minimum Gasteiger partial charge on any atom is -0.496 e. The molecule has 0 saturated heterocycles. The van der Waals surface area contributed by atoms with Gasteiger partial charge in [0.2, 0.25) is 0 Å². The van der Waals surface area contributed by atoms with Gasteiger partial charge in [0.05, 0.1) is 13.7 Å². The summed E-state index contributed by atoms with van der Waals surface area (Å²) in [6.07, 6.45) is 2.10. The van der Waals surface area contributed by atoms with E-state index in [0.717, 1.165) is 28.5 Å². The maximum Gasteiger partial charge on any atom is 0.136 e. The lowest BCUT2D eigenvalue weighted by atomic mass is 9.98. The van der Waals surface area contributed by atoms with Crippen LogP contribution in [-0.4, -0.2) is 18.8 Å². The van der Waals surface area contributed by atoms with Crippen LogP contribution >= 0.6 is 0 Å². The molecular weight excluding hydrogens is 240 g/mol. The Balaban J connectivity index is 2.14. The summed E-state index contributed by atoms with van der Waals surface area (Å²) in [6.45, 7) is 0.653. The zero-order valence-electron chi connectivity index (χ0n) is 10.8. The van der Waals surface area contributed by atoms with E-state index in [1.807, 2.05) is 42.5 Å². The Morgan fingerprint density at radius 3 is 2.63 bits per heavy atom. The van der Waals surface area contributed by atoms with Crippen molar-refractivity contribution in [3.8, 4) is 5.75 Å². The maximum atomic E-state index is 10.4. The first-order valence-corrected chi connectivity index (χ1v) is 6.38. The Morgan fingerprint density at radius 2 is 1.95 bits per heavy atom. The van der Waals surface area contributed by atoms with E-state index in [1.54, 1.807) is 7.11 Å². The van der Waals surface area contributed by atoms with Gasteiger partial charge in [0, 0.05) is 11.8 Å². The van der Waals surface area contributed by atoms with Crippen molar-refractivity contribution in [1.82, 2.24) is 0 Å². The maximum absolute atomic E-state index is 10.4. The number of rotatable bonds is 3. The fourth-order valence-electron chi connectivity index (χ4n) is 2.49. The van der Waals surface area contributed by atoms with Crippen LogP contribution in [0.2, 0.25) is 0 Å². The number of methoxy groups -OCH3 is 1. The topological polar surface area (TPSA) is 38.7 Å². The molecule has 2 aromatic carbocycles. The minimum atomic E-state index is -0.710. The molecule has 1 unspecified atom stereocenters. The Bertz CT molecular complexity index is 631. The average Bonchev–Trinajstić information content (AvgIpc) is 2.99. The van der Waals surface area contributed by atoms with Gasteiger partial charge in [-0.25, -0.2) is 0 Å². The molecule has 0 spiro atoms. The zero-order valence-corrected chi connectivity index (χ0v) is 10.8. The Labute approximate surface area is 112 Å². The number of hydrogen-bond acceptors (Lipinski definition) is 3. The molecule has 0 radical (unpaired) electrons.